The Bertz CT molecular complexity index is 493. The molecule has 1 unspecified atom stereocenters. The van der Waals surface area contributed by atoms with Crippen molar-refractivity contribution in [3.8, 4) is 0 Å². The lowest BCUT2D eigenvalue weighted by atomic mass is 9.71. The molecule has 0 aliphatic heterocycles. The van der Waals surface area contributed by atoms with Crippen molar-refractivity contribution in [3.63, 3.8) is 0 Å². The molecule has 1 aliphatic rings. The first kappa shape index (κ1) is 16.0. The summed E-state index contributed by atoms with van der Waals surface area (Å²) in [6.07, 6.45) is 6.51. The Balaban J connectivity index is 2.19. The first-order valence-electron chi connectivity index (χ1n) is 7.92. The van der Waals surface area contributed by atoms with E-state index >= 15 is 0 Å². The van der Waals surface area contributed by atoms with Crippen LogP contribution in [0, 0.1) is 21.4 Å². The van der Waals surface area contributed by atoms with Gasteiger partial charge in [0, 0.05) is 17.7 Å². The standard InChI is InChI=1S/C17H26N2O2/c1-13(2)12-17(9-5-6-10-17)16(18)11-14-7-3-4-8-15(14)19(20)21/h3-4,7-8,13,16H,5-6,9-12,18H2,1-2H3. The van der Waals surface area contributed by atoms with Gasteiger partial charge in [-0.05, 0) is 37.0 Å². The summed E-state index contributed by atoms with van der Waals surface area (Å²) in [6.45, 7) is 4.47. The predicted molar refractivity (Wildman–Crippen MR) is 85.1 cm³/mol. The molecule has 21 heavy (non-hydrogen) atoms. The van der Waals surface area contributed by atoms with E-state index in [-0.39, 0.29) is 22.1 Å². The van der Waals surface area contributed by atoms with E-state index in [1.54, 1.807) is 12.1 Å². The van der Waals surface area contributed by atoms with Crippen LogP contribution in [0.2, 0.25) is 0 Å². The lowest BCUT2D eigenvalue weighted by molar-refractivity contribution is -0.385. The van der Waals surface area contributed by atoms with Gasteiger partial charge in [0.15, 0.2) is 0 Å². The quantitative estimate of drug-likeness (QED) is 0.634. The third-order valence-corrected chi connectivity index (χ3v) is 4.83. The molecule has 1 atom stereocenters. The van der Waals surface area contributed by atoms with Crippen LogP contribution in [-0.2, 0) is 6.42 Å². The van der Waals surface area contributed by atoms with Gasteiger partial charge in [0.2, 0.25) is 0 Å². The van der Waals surface area contributed by atoms with Crippen LogP contribution in [0.1, 0.15) is 51.5 Å². The molecule has 0 bridgehead atoms. The average molecular weight is 290 g/mol. The molecule has 1 aliphatic carbocycles. The first-order chi connectivity index (χ1) is 9.94. The minimum absolute atomic E-state index is 0.00324. The van der Waals surface area contributed by atoms with Gasteiger partial charge in [-0.3, -0.25) is 10.1 Å². The molecule has 1 fully saturated rings. The first-order valence-corrected chi connectivity index (χ1v) is 7.92. The third-order valence-electron chi connectivity index (χ3n) is 4.83. The Morgan fingerprint density at radius 3 is 2.48 bits per heavy atom. The zero-order valence-electron chi connectivity index (χ0n) is 13.0. The van der Waals surface area contributed by atoms with E-state index in [9.17, 15) is 10.1 Å². The maximum Gasteiger partial charge on any atom is 0.272 e. The molecular weight excluding hydrogens is 264 g/mol. The molecule has 0 aromatic heterocycles. The fourth-order valence-corrected chi connectivity index (χ4v) is 3.93. The summed E-state index contributed by atoms with van der Waals surface area (Å²) < 4.78 is 0. The van der Waals surface area contributed by atoms with Crippen LogP contribution in [0.5, 0.6) is 0 Å². The fraction of sp³-hybridized carbons (Fsp3) is 0.647. The lowest BCUT2D eigenvalue weighted by Crippen LogP contribution is -2.42. The molecule has 1 saturated carbocycles. The summed E-state index contributed by atoms with van der Waals surface area (Å²) in [5.41, 5.74) is 7.67. The predicted octanol–water partition coefficient (Wildman–Crippen LogP) is 4.07. The normalized spacial score (nSPS) is 18.9. The second kappa shape index (κ2) is 6.56. The van der Waals surface area contributed by atoms with Gasteiger partial charge in [-0.25, -0.2) is 0 Å². The minimum Gasteiger partial charge on any atom is -0.327 e. The molecule has 116 valence electrons. The summed E-state index contributed by atoms with van der Waals surface area (Å²) in [5, 5.41) is 11.1. The van der Waals surface area contributed by atoms with Crippen molar-refractivity contribution in [3.05, 3.63) is 39.9 Å². The smallest absolute Gasteiger partial charge is 0.272 e. The van der Waals surface area contributed by atoms with Crippen LogP contribution in [0.4, 0.5) is 5.69 Å². The number of nitrogens with two attached hydrogens (primary N) is 1. The van der Waals surface area contributed by atoms with E-state index in [1.165, 1.54) is 12.8 Å². The van der Waals surface area contributed by atoms with Crippen LogP contribution in [0.15, 0.2) is 24.3 Å². The Hall–Kier alpha value is -1.42. The Morgan fingerprint density at radius 1 is 1.29 bits per heavy atom. The van der Waals surface area contributed by atoms with E-state index < -0.39 is 0 Å². The topological polar surface area (TPSA) is 69.2 Å². The molecule has 0 radical (unpaired) electrons. The van der Waals surface area contributed by atoms with Crippen molar-refractivity contribution in [2.75, 3.05) is 0 Å². The average Bonchev–Trinajstić information content (AvgIpc) is 2.88. The second-order valence-electron chi connectivity index (χ2n) is 6.86. The molecule has 2 rings (SSSR count). The van der Waals surface area contributed by atoms with E-state index in [0.717, 1.165) is 24.8 Å². The van der Waals surface area contributed by atoms with Gasteiger partial charge >= 0.3 is 0 Å². The molecule has 4 heteroatoms. The zero-order valence-corrected chi connectivity index (χ0v) is 13.0. The lowest BCUT2D eigenvalue weighted by Gasteiger charge is -2.37. The van der Waals surface area contributed by atoms with Crippen LogP contribution < -0.4 is 5.73 Å². The van der Waals surface area contributed by atoms with E-state index in [0.29, 0.717) is 12.3 Å². The van der Waals surface area contributed by atoms with Gasteiger partial charge in [0.1, 0.15) is 0 Å². The maximum absolute atomic E-state index is 11.1. The molecule has 0 amide bonds. The summed E-state index contributed by atoms with van der Waals surface area (Å²) >= 11 is 0. The minimum atomic E-state index is -0.300. The number of hydrogen-bond acceptors (Lipinski definition) is 3. The van der Waals surface area contributed by atoms with E-state index in [2.05, 4.69) is 13.8 Å². The number of rotatable bonds is 6. The van der Waals surface area contributed by atoms with Crippen molar-refractivity contribution >= 4 is 5.69 Å². The molecule has 1 aromatic carbocycles. The SMILES string of the molecule is CC(C)CC1(C(N)Cc2ccccc2[N+](=O)[O-])CCCC1. The molecule has 1 aromatic rings. The van der Waals surface area contributed by atoms with Crippen LogP contribution in [0.25, 0.3) is 0 Å². The van der Waals surface area contributed by atoms with Gasteiger partial charge in [-0.15, -0.1) is 0 Å². The van der Waals surface area contributed by atoms with Gasteiger partial charge in [-0.1, -0.05) is 44.9 Å². The maximum atomic E-state index is 11.1. The fourth-order valence-electron chi connectivity index (χ4n) is 3.93. The molecular formula is C17H26N2O2. The third kappa shape index (κ3) is 3.62. The number of para-hydroxylation sites is 1. The van der Waals surface area contributed by atoms with E-state index in [4.69, 9.17) is 5.73 Å². The number of benzene rings is 1. The van der Waals surface area contributed by atoms with Crippen molar-refractivity contribution in [1.29, 1.82) is 0 Å². The van der Waals surface area contributed by atoms with Gasteiger partial charge in [0.05, 0.1) is 4.92 Å². The zero-order chi connectivity index (χ0) is 15.5. The number of nitro groups is 1. The van der Waals surface area contributed by atoms with Crippen molar-refractivity contribution in [2.24, 2.45) is 17.1 Å². The summed E-state index contributed by atoms with van der Waals surface area (Å²) in [4.78, 5) is 10.8. The van der Waals surface area contributed by atoms with Crippen molar-refractivity contribution in [1.82, 2.24) is 0 Å². The molecule has 0 heterocycles. The highest BCUT2D eigenvalue weighted by atomic mass is 16.6. The molecule has 0 saturated heterocycles. The Labute approximate surface area is 126 Å². The summed E-state index contributed by atoms with van der Waals surface area (Å²) in [7, 11) is 0. The number of nitrogens with zero attached hydrogens (tertiary/aromatic N) is 1. The van der Waals surface area contributed by atoms with Crippen LogP contribution >= 0.6 is 0 Å². The highest BCUT2D eigenvalue weighted by Crippen LogP contribution is 2.46. The summed E-state index contributed by atoms with van der Waals surface area (Å²) in [6, 6.07) is 7.00. The Kier molecular flexibility index (Phi) is 4.99. The molecule has 2 N–H and O–H groups in total. The largest absolute Gasteiger partial charge is 0.327 e. The monoisotopic (exact) mass is 290 g/mol. The highest BCUT2D eigenvalue weighted by Gasteiger charge is 2.40. The number of hydrogen-bond donors (Lipinski definition) is 1. The van der Waals surface area contributed by atoms with Gasteiger partial charge < -0.3 is 5.73 Å². The van der Waals surface area contributed by atoms with Gasteiger partial charge in [-0.2, -0.15) is 0 Å². The number of nitro benzene ring substituents is 1. The summed E-state index contributed by atoms with van der Waals surface area (Å²) in [5.74, 6) is 0.611. The van der Waals surface area contributed by atoms with Gasteiger partial charge in [0.25, 0.3) is 5.69 Å². The molecule has 4 nitrogen and oxygen atoms in total. The van der Waals surface area contributed by atoms with Crippen LogP contribution in [0.3, 0.4) is 0 Å². The van der Waals surface area contributed by atoms with Crippen molar-refractivity contribution < 1.29 is 4.92 Å². The van der Waals surface area contributed by atoms with Crippen LogP contribution in [-0.4, -0.2) is 11.0 Å². The highest BCUT2D eigenvalue weighted by molar-refractivity contribution is 5.40. The second-order valence-corrected chi connectivity index (χ2v) is 6.86. The van der Waals surface area contributed by atoms with E-state index in [1.807, 2.05) is 12.1 Å². The Morgan fingerprint density at radius 2 is 1.90 bits per heavy atom. The van der Waals surface area contributed by atoms with Crippen molar-refractivity contribution in [2.45, 2.75) is 58.4 Å². The molecule has 0 spiro atoms.